The Hall–Kier alpha value is -2.22. The molecular formula is C20H24N2. The molecule has 1 heterocycles. The van der Waals surface area contributed by atoms with E-state index in [2.05, 4.69) is 74.9 Å². The number of aryl methyl sites for hydroxylation is 1. The molecule has 0 radical (unpaired) electrons. The summed E-state index contributed by atoms with van der Waals surface area (Å²) in [7, 11) is 0. The van der Waals surface area contributed by atoms with Crippen LogP contribution in [0, 0.1) is 6.92 Å². The van der Waals surface area contributed by atoms with Crippen LogP contribution in [0.5, 0.6) is 0 Å². The predicted octanol–water partition coefficient (Wildman–Crippen LogP) is 4.88. The van der Waals surface area contributed by atoms with Crippen molar-refractivity contribution in [3.05, 3.63) is 65.4 Å². The van der Waals surface area contributed by atoms with Crippen LogP contribution in [0.4, 0.5) is 5.69 Å². The molecule has 0 atom stereocenters. The Labute approximate surface area is 132 Å². The molecule has 2 nitrogen and oxygen atoms in total. The van der Waals surface area contributed by atoms with E-state index in [0.29, 0.717) is 0 Å². The highest BCUT2D eigenvalue weighted by atomic mass is 15.0. The Morgan fingerprint density at radius 1 is 1.00 bits per heavy atom. The smallest absolute Gasteiger partial charge is 0.0487 e. The van der Waals surface area contributed by atoms with Crippen molar-refractivity contribution in [3.63, 3.8) is 0 Å². The van der Waals surface area contributed by atoms with E-state index in [1.165, 1.54) is 27.6 Å². The third kappa shape index (κ3) is 2.74. The van der Waals surface area contributed by atoms with Crippen molar-refractivity contribution in [1.82, 2.24) is 4.57 Å². The molecule has 0 aliphatic carbocycles. The minimum atomic E-state index is 0.201. The van der Waals surface area contributed by atoms with Gasteiger partial charge in [0.05, 0.1) is 0 Å². The maximum Gasteiger partial charge on any atom is 0.0487 e. The van der Waals surface area contributed by atoms with E-state index in [0.717, 1.165) is 12.2 Å². The van der Waals surface area contributed by atoms with Crippen molar-refractivity contribution in [1.29, 1.82) is 0 Å². The minimum absolute atomic E-state index is 0.201. The van der Waals surface area contributed by atoms with Gasteiger partial charge in [-0.05, 0) is 47.2 Å². The highest BCUT2D eigenvalue weighted by Gasteiger charge is 2.13. The van der Waals surface area contributed by atoms with Crippen molar-refractivity contribution >= 4 is 16.6 Å². The fourth-order valence-electron chi connectivity index (χ4n) is 2.93. The van der Waals surface area contributed by atoms with E-state index < -0.39 is 0 Å². The Morgan fingerprint density at radius 3 is 2.32 bits per heavy atom. The van der Waals surface area contributed by atoms with Crippen LogP contribution < -0.4 is 5.73 Å². The second-order valence-electron chi connectivity index (χ2n) is 7.16. The Bertz CT molecular complexity index is 802. The van der Waals surface area contributed by atoms with Gasteiger partial charge in [0, 0.05) is 29.3 Å². The van der Waals surface area contributed by atoms with Crippen molar-refractivity contribution in [2.45, 2.75) is 39.7 Å². The normalized spacial score (nSPS) is 12.0. The summed E-state index contributed by atoms with van der Waals surface area (Å²) in [5, 5.41) is 1.24. The summed E-state index contributed by atoms with van der Waals surface area (Å²) in [5.74, 6) is 0. The molecule has 2 aromatic carbocycles. The van der Waals surface area contributed by atoms with Crippen molar-refractivity contribution in [3.8, 4) is 0 Å². The van der Waals surface area contributed by atoms with Gasteiger partial charge in [-0.1, -0.05) is 45.0 Å². The largest absolute Gasteiger partial charge is 0.399 e. The van der Waals surface area contributed by atoms with Gasteiger partial charge in [-0.25, -0.2) is 0 Å². The second-order valence-corrected chi connectivity index (χ2v) is 7.16. The van der Waals surface area contributed by atoms with Crippen LogP contribution in [-0.2, 0) is 12.0 Å². The van der Waals surface area contributed by atoms with Gasteiger partial charge in [-0.2, -0.15) is 0 Å². The Balaban J connectivity index is 1.93. The maximum atomic E-state index is 5.90. The van der Waals surface area contributed by atoms with E-state index in [1.54, 1.807) is 0 Å². The van der Waals surface area contributed by atoms with Gasteiger partial charge in [-0.3, -0.25) is 0 Å². The van der Waals surface area contributed by atoms with Gasteiger partial charge in [0.25, 0.3) is 0 Å². The minimum Gasteiger partial charge on any atom is -0.399 e. The van der Waals surface area contributed by atoms with E-state index in [4.69, 9.17) is 5.73 Å². The van der Waals surface area contributed by atoms with Crippen LogP contribution in [0.1, 0.15) is 37.5 Å². The van der Waals surface area contributed by atoms with Crippen LogP contribution in [-0.4, -0.2) is 4.57 Å². The highest BCUT2D eigenvalue weighted by molar-refractivity contribution is 5.86. The molecule has 0 saturated heterocycles. The van der Waals surface area contributed by atoms with Crippen LogP contribution >= 0.6 is 0 Å². The topological polar surface area (TPSA) is 30.9 Å². The zero-order chi connectivity index (χ0) is 15.9. The zero-order valence-corrected chi connectivity index (χ0v) is 13.9. The summed E-state index contributed by atoms with van der Waals surface area (Å²) >= 11 is 0. The third-order valence-electron chi connectivity index (χ3n) is 4.28. The molecule has 0 spiro atoms. The molecular weight excluding hydrogens is 268 g/mol. The number of nitrogens with zero attached hydrogens (tertiary/aromatic N) is 1. The lowest BCUT2D eigenvalue weighted by atomic mass is 9.87. The summed E-state index contributed by atoms with van der Waals surface area (Å²) < 4.78 is 2.30. The molecule has 114 valence electrons. The SMILES string of the molecule is Cc1cn(Cc2ccc(C(C)(C)C)cc2)c2ccc(N)cc12. The molecule has 0 bridgehead atoms. The number of hydrogen-bond acceptors (Lipinski definition) is 1. The first kappa shape index (κ1) is 14.7. The molecule has 0 fully saturated rings. The lowest BCUT2D eigenvalue weighted by Gasteiger charge is -2.19. The number of fused-ring (bicyclic) bond motifs is 1. The van der Waals surface area contributed by atoms with E-state index in [9.17, 15) is 0 Å². The number of aromatic nitrogens is 1. The third-order valence-corrected chi connectivity index (χ3v) is 4.28. The van der Waals surface area contributed by atoms with Gasteiger partial charge in [-0.15, -0.1) is 0 Å². The molecule has 3 aromatic rings. The molecule has 2 N–H and O–H groups in total. The monoisotopic (exact) mass is 292 g/mol. The number of nitrogens with two attached hydrogens (primary N) is 1. The number of rotatable bonds is 2. The van der Waals surface area contributed by atoms with Crippen LogP contribution in [0.15, 0.2) is 48.7 Å². The second kappa shape index (κ2) is 5.20. The van der Waals surface area contributed by atoms with Crippen molar-refractivity contribution < 1.29 is 0 Å². The molecule has 0 aliphatic rings. The fraction of sp³-hybridized carbons (Fsp3) is 0.300. The molecule has 0 amide bonds. The summed E-state index contributed by atoms with van der Waals surface area (Å²) in [6.07, 6.45) is 2.21. The summed E-state index contributed by atoms with van der Waals surface area (Å²) in [5.41, 5.74) is 12.1. The Morgan fingerprint density at radius 2 is 1.68 bits per heavy atom. The lowest BCUT2D eigenvalue weighted by molar-refractivity contribution is 0.590. The first-order chi connectivity index (χ1) is 10.3. The van der Waals surface area contributed by atoms with Crippen molar-refractivity contribution in [2.75, 3.05) is 5.73 Å². The van der Waals surface area contributed by atoms with Gasteiger partial charge >= 0.3 is 0 Å². The molecule has 1 aromatic heterocycles. The first-order valence-electron chi connectivity index (χ1n) is 7.79. The van der Waals surface area contributed by atoms with E-state index >= 15 is 0 Å². The van der Waals surface area contributed by atoms with Crippen LogP contribution in [0.2, 0.25) is 0 Å². The standard InChI is InChI=1S/C20H24N2/c1-14-12-22(19-10-9-17(21)11-18(14)19)13-15-5-7-16(8-6-15)20(2,3)4/h5-12H,13,21H2,1-4H3. The lowest BCUT2D eigenvalue weighted by Crippen LogP contribution is -2.10. The maximum absolute atomic E-state index is 5.90. The first-order valence-corrected chi connectivity index (χ1v) is 7.79. The van der Waals surface area contributed by atoms with Gasteiger partial charge in [0.2, 0.25) is 0 Å². The quantitative estimate of drug-likeness (QED) is 0.671. The molecule has 3 rings (SSSR count). The Kier molecular flexibility index (Phi) is 3.48. The summed E-state index contributed by atoms with van der Waals surface area (Å²) in [6.45, 7) is 9.76. The zero-order valence-electron chi connectivity index (χ0n) is 13.9. The number of benzene rings is 2. The molecule has 0 unspecified atom stereocenters. The molecule has 2 heteroatoms. The fourth-order valence-corrected chi connectivity index (χ4v) is 2.93. The van der Waals surface area contributed by atoms with Gasteiger partial charge < -0.3 is 10.3 Å². The molecule has 0 aliphatic heterocycles. The summed E-state index contributed by atoms with van der Waals surface area (Å²) in [4.78, 5) is 0. The van der Waals surface area contributed by atoms with E-state index in [1.807, 2.05) is 6.07 Å². The summed E-state index contributed by atoms with van der Waals surface area (Å²) in [6, 6.07) is 15.1. The van der Waals surface area contributed by atoms with Crippen molar-refractivity contribution in [2.24, 2.45) is 0 Å². The van der Waals surface area contributed by atoms with E-state index in [-0.39, 0.29) is 5.41 Å². The number of anilines is 1. The average molecular weight is 292 g/mol. The molecule has 0 saturated carbocycles. The van der Waals surface area contributed by atoms with Gasteiger partial charge in [0.15, 0.2) is 0 Å². The average Bonchev–Trinajstić information content (AvgIpc) is 2.74. The highest BCUT2D eigenvalue weighted by Crippen LogP contribution is 2.25. The predicted molar refractivity (Wildman–Crippen MR) is 95.3 cm³/mol. The molecule has 22 heavy (non-hydrogen) atoms. The number of hydrogen-bond donors (Lipinski definition) is 1. The number of nitrogen functional groups attached to an aromatic ring is 1. The van der Waals surface area contributed by atoms with Crippen LogP contribution in [0.3, 0.4) is 0 Å². The van der Waals surface area contributed by atoms with Gasteiger partial charge in [0.1, 0.15) is 0 Å². The van der Waals surface area contributed by atoms with Crippen LogP contribution in [0.25, 0.3) is 10.9 Å².